The van der Waals surface area contributed by atoms with E-state index >= 15 is 0 Å². The molecule has 146 valence electrons. The second-order valence-electron chi connectivity index (χ2n) is 5.93. The van der Waals surface area contributed by atoms with Gasteiger partial charge in [0.15, 0.2) is 0 Å². The highest BCUT2D eigenvalue weighted by Crippen LogP contribution is 2.19. The lowest BCUT2D eigenvalue weighted by Gasteiger charge is -2.26. The van der Waals surface area contributed by atoms with Crippen LogP contribution in [0.25, 0.3) is 0 Å². The van der Waals surface area contributed by atoms with Gasteiger partial charge in [-0.2, -0.15) is 0 Å². The minimum Gasteiger partial charge on any atom is -0.454 e. The highest BCUT2D eigenvalue weighted by molar-refractivity contribution is 7.90. The SMILES string of the molecule is CN(C)S(=O)(=O)c1ccc(COC(=O)C2=CN3CCS(=O)(=O)N=C3C=C2)o1. The molecule has 1 aromatic rings. The summed E-state index contributed by atoms with van der Waals surface area (Å²) in [6.45, 7) is -0.0610. The first kappa shape index (κ1) is 19.3. The lowest BCUT2D eigenvalue weighted by atomic mass is 10.2. The van der Waals surface area contributed by atoms with Crippen LogP contribution in [0.1, 0.15) is 5.76 Å². The first-order chi connectivity index (χ1) is 12.6. The molecule has 3 rings (SSSR count). The van der Waals surface area contributed by atoms with Crippen LogP contribution in [0.3, 0.4) is 0 Å². The summed E-state index contributed by atoms with van der Waals surface area (Å²) in [6.07, 6.45) is 4.28. The van der Waals surface area contributed by atoms with Crippen LogP contribution in [0.4, 0.5) is 0 Å². The Labute approximate surface area is 156 Å². The van der Waals surface area contributed by atoms with E-state index in [4.69, 9.17) is 9.15 Å². The van der Waals surface area contributed by atoms with Crippen molar-refractivity contribution < 1.29 is 30.8 Å². The third kappa shape index (κ3) is 4.12. The predicted octanol–water partition coefficient (Wildman–Crippen LogP) is 0.0707. The molecule has 0 aliphatic carbocycles. The van der Waals surface area contributed by atoms with E-state index < -0.39 is 26.0 Å². The van der Waals surface area contributed by atoms with Crippen molar-refractivity contribution >= 4 is 31.9 Å². The summed E-state index contributed by atoms with van der Waals surface area (Å²) in [6, 6.07) is 2.70. The van der Waals surface area contributed by atoms with Gasteiger partial charge in [-0.1, -0.05) is 0 Å². The Bertz CT molecular complexity index is 1060. The number of furan rings is 1. The van der Waals surface area contributed by atoms with Crippen LogP contribution in [0.5, 0.6) is 0 Å². The van der Waals surface area contributed by atoms with Crippen molar-refractivity contribution in [1.82, 2.24) is 9.21 Å². The number of hydrogen-bond acceptors (Lipinski definition) is 8. The Morgan fingerprint density at radius 3 is 2.78 bits per heavy atom. The minimum atomic E-state index is -3.70. The van der Waals surface area contributed by atoms with Gasteiger partial charge in [0, 0.05) is 26.8 Å². The summed E-state index contributed by atoms with van der Waals surface area (Å²) in [5, 5.41) is -0.245. The molecule has 0 amide bonds. The zero-order valence-electron chi connectivity index (χ0n) is 14.5. The molecule has 0 radical (unpaired) electrons. The number of amidine groups is 1. The molecule has 0 atom stereocenters. The molecule has 0 fully saturated rings. The number of fused-ring (bicyclic) bond motifs is 1. The van der Waals surface area contributed by atoms with E-state index in [1.165, 1.54) is 44.6 Å². The minimum absolute atomic E-state index is 0.140. The smallest absolute Gasteiger partial charge is 0.340 e. The molecule has 0 saturated carbocycles. The highest BCUT2D eigenvalue weighted by Gasteiger charge is 2.26. The van der Waals surface area contributed by atoms with Crippen molar-refractivity contribution in [3.8, 4) is 0 Å². The third-order valence-corrected chi connectivity index (χ3v) is 6.63. The van der Waals surface area contributed by atoms with E-state index in [-0.39, 0.29) is 41.2 Å². The molecule has 1 aromatic heterocycles. The fourth-order valence-electron chi connectivity index (χ4n) is 2.30. The van der Waals surface area contributed by atoms with Gasteiger partial charge >= 0.3 is 5.97 Å². The lowest BCUT2D eigenvalue weighted by molar-refractivity contribution is -0.140. The predicted molar refractivity (Wildman–Crippen MR) is 94.5 cm³/mol. The van der Waals surface area contributed by atoms with Crippen molar-refractivity contribution in [2.75, 3.05) is 26.4 Å². The normalized spacial score (nSPS) is 18.7. The van der Waals surface area contributed by atoms with Gasteiger partial charge in [0.25, 0.3) is 20.0 Å². The molecular weight excluding hydrogens is 398 g/mol. The zero-order chi connectivity index (χ0) is 19.8. The Hall–Kier alpha value is -2.44. The Kier molecular flexibility index (Phi) is 4.97. The molecule has 2 aliphatic heterocycles. The quantitative estimate of drug-likeness (QED) is 0.619. The summed E-state index contributed by atoms with van der Waals surface area (Å²) in [4.78, 5) is 13.7. The summed E-state index contributed by atoms with van der Waals surface area (Å²) < 4.78 is 61.8. The number of hydrogen-bond donors (Lipinski definition) is 0. The van der Waals surface area contributed by atoms with Crippen molar-refractivity contribution in [1.29, 1.82) is 0 Å². The van der Waals surface area contributed by atoms with E-state index in [1.54, 1.807) is 4.90 Å². The standard InChI is InChI=1S/C15H17N3O7S2/c1-17(2)27(22,23)14-6-4-12(25-14)10-24-15(19)11-3-5-13-16-26(20,21)8-7-18(13)9-11/h3-6,9H,7-8,10H2,1-2H3. The number of esters is 1. The third-order valence-electron chi connectivity index (χ3n) is 3.78. The van der Waals surface area contributed by atoms with E-state index in [2.05, 4.69) is 4.40 Å². The molecule has 10 nitrogen and oxygen atoms in total. The van der Waals surface area contributed by atoms with Crippen molar-refractivity contribution in [2.24, 2.45) is 4.40 Å². The molecule has 12 heteroatoms. The molecular formula is C15H17N3O7S2. The van der Waals surface area contributed by atoms with Gasteiger partial charge in [-0.05, 0) is 24.3 Å². The number of nitrogens with zero attached hydrogens (tertiary/aromatic N) is 3. The molecule has 27 heavy (non-hydrogen) atoms. The van der Waals surface area contributed by atoms with Gasteiger partial charge in [-0.25, -0.2) is 25.9 Å². The average Bonchev–Trinajstić information content (AvgIpc) is 3.08. The Balaban J connectivity index is 1.65. The molecule has 0 saturated heterocycles. The molecule has 0 unspecified atom stereocenters. The van der Waals surface area contributed by atoms with Crippen molar-refractivity contribution in [3.05, 3.63) is 41.8 Å². The van der Waals surface area contributed by atoms with Gasteiger partial charge in [-0.15, -0.1) is 4.40 Å². The maximum atomic E-state index is 12.2. The summed E-state index contributed by atoms with van der Waals surface area (Å²) in [5.41, 5.74) is 0.209. The number of carbonyl (C=O) groups is 1. The second-order valence-corrected chi connectivity index (χ2v) is 9.77. The topological polar surface area (TPSA) is 127 Å². The number of carbonyl (C=O) groups excluding carboxylic acids is 1. The molecule has 0 spiro atoms. The fraction of sp³-hybridized carbons (Fsp3) is 0.333. The van der Waals surface area contributed by atoms with Crippen LogP contribution in [0.2, 0.25) is 0 Å². The van der Waals surface area contributed by atoms with Crippen molar-refractivity contribution in [2.45, 2.75) is 11.7 Å². The van der Waals surface area contributed by atoms with Crippen LogP contribution in [0, 0.1) is 0 Å². The van der Waals surface area contributed by atoms with Crippen LogP contribution < -0.4 is 0 Å². The van der Waals surface area contributed by atoms with Crippen LogP contribution >= 0.6 is 0 Å². The van der Waals surface area contributed by atoms with Gasteiger partial charge in [0.2, 0.25) is 5.09 Å². The van der Waals surface area contributed by atoms with E-state index in [0.717, 1.165) is 4.31 Å². The van der Waals surface area contributed by atoms with E-state index in [1.807, 2.05) is 0 Å². The van der Waals surface area contributed by atoms with Crippen molar-refractivity contribution in [3.63, 3.8) is 0 Å². The maximum Gasteiger partial charge on any atom is 0.340 e. The summed E-state index contributed by atoms with van der Waals surface area (Å²) >= 11 is 0. The number of rotatable bonds is 5. The first-order valence-electron chi connectivity index (χ1n) is 7.76. The summed E-state index contributed by atoms with van der Waals surface area (Å²) in [7, 11) is -4.42. The molecule has 0 aromatic carbocycles. The average molecular weight is 415 g/mol. The lowest BCUT2D eigenvalue weighted by Crippen LogP contribution is -2.37. The van der Waals surface area contributed by atoms with Gasteiger partial charge in [-0.3, -0.25) is 0 Å². The first-order valence-corrected chi connectivity index (χ1v) is 10.8. The van der Waals surface area contributed by atoms with Gasteiger partial charge in [0.1, 0.15) is 18.2 Å². The number of ether oxygens (including phenoxy) is 1. The van der Waals surface area contributed by atoms with E-state index in [0.29, 0.717) is 0 Å². The second kappa shape index (κ2) is 6.94. The Morgan fingerprint density at radius 1 is 1.33 bits per heavy atom. The molecule has 3 heterocycles. The van der Waals surface area contributed by atoms with Crippen LogP contribution in [0.15, 0.2) is 50.0 Å². The maximum absolute atomic E-state index is 12.2. The highest BCUT2D eigenvalue weighted by atomic mass is 32.2. The largest absolute Gasteiger partial charge is 0.454 e. The molecule has 0 bridgehead atoms. The van der Waals surface area contributed by atoms with Gasteiger partial charge < -0.3 is 14.1 Å². The number of sulfonamides is 2. The fourth-order valence-corrected chi connectivity index (χ4v) is 4.08. The van der Waals surface area contributed by atoms with E-state index in [9.17, 15) is 21.6 Å². The molecule has 2 aliphatic rings. The van der Waals surface area contributed by atoms with Crippen LogP contribution in [-0.2, 0) is 36.2 Å². The van der Waals surface area contributed by atoms with Crippen LogP contribution in [-0.4, -0.2) is 64.2 Å². The monoisotopic (exact) mass is 415 g/mol. The summed E-state index contributed by atoms with van der Waals surface area (Å²) in [5.74, 6) is -0.386. The Morgan fingerprint density at radius 2 is 2.07 bits per heavy atom. The zero-order valence-corrected chi connectivity index (χ0v) is 16.2. The van der Waals surface area contributed by atoms with Gasteiger partial charge in [0.05, 0.1) is 11.3 Å². The molecule has 0 N–H and O–H groups in total.